The van der Waals surface area contributed by atoms with Crippen LogP contribution in [0.3, 0.4) is 0 Å². The van der Waals surface area contributed by atoms with Crippen molar-refractivity contribution in [2.45, 2.75) is 75.7 Å². The average molecular weight is 635 g/mol. The molecule has 4 atom stereocenters. The molecule has 11 heteroatoms. The standard InChI is InChI=1S/C35H37F3N4O4/c1-2-24-26(37)8-7-19-11-23(44)12-25(29(19)24)32-31(38)33-30-27(42-21(16-43)5-3-6-22(42)17-45-34(30)40-32)13-28(39-33)46-18-35-9-4-10-41(35)15-20(36)14-35/h7-8,11-13,20-22,43-44H,2-6,9-10,14-18H2,1H3/t20-,21-,22+,35+/m1/s1. The van der Waals surface area contributed by atoms with Gasteiger partial charge in [-0.3, -0.25) is 4.90 Å². The fourth-order valence-electron chi connectivity index (χ4n) is 8.52. The first-order chi connectivity index (χ1) is 22.3. The van der Waals surface area contributed by atoms with Crippen molar-refractivity contribution in [2.75, 3.05) is 37.8 Å². The number of aliphatic hydroxyl groups excluding tert-OH is 1. The molecule has 4 aliphatic heterocycles. The highest BCUT2D eigenvalue weighted by Gasteiger charge is 2.49. The van der Waals surface area contributed by atoms with E-state index in [1.165, 1.54) is 18.2 Å². The topological polar surface area (TPSA) is 91.2 Å². The van der Waals surface area contributed by atoms with Crippen LogP contribution in [0.5, 0.6) is 17.5 Å². The van der Waals surface area contributed by atoms with Crippen molar-refractivity contribution in [3.8, 4) is 28.8 Å². The van der Waals surface area contributed by atoms with Crippen molar-refractivity contribution in [3.63, 3.8) is 0 Å². The highest BCUT2D eigenvalue weighted by molar-refractivity contribution is 6.04. The average Bonchev–Trinajstić information content (AvgIpc) is 3.52. The number of hydrogen-bond acceptors (Lipinski definition) is 8. The molecule has 0 saturated carbocycles. The second kappa shape index (κ2) is 11.2. The van der Waals surface area contributed by atoms with E-state index >= 15 is 8.78 Å². The number of nitrogens with zero attached hydrogens (tertiary/aromatic N) is 4. The molecule has 0 spiro atoms. The molecule has 6 heterocycles. The Kier molecular flexibility index (Phi) is 7.17. The fourth-order valence-corrected chi connectivity index (χ4v) is 8.52. The molecule has 4 aliphatic rings. The molecule has 3 saturated heterocycles. The molecular formula is C35H37F3N4O4. The predicted molar refractivity (Wildman–Crippen MR) is 168 cm³/mol. The van der Waals surface area contributed by atoms with E-state index in [-0.39, 0.29) is 66.2 Å². The number of benzene rings is 2. The Morgan fingerprint density at radius 3 is 2.80 bits per heavy atom. The molecule has 2 aromatic carbocycles. The van der Waals surface area contributed by atoms with Gasteiger partial charge in [0.25, 0.3) is 0 Å². The van der Waals surface area contributed by atoms with Crippen molar-refractivity contribution in [1.29, 1.82) is 0 Å². The number of aromatic nitrogens is 2. The number of halogens is 3. The van der Waals surface area contributed by atoms with Crippen LogP contribution in [0.15, 0.2) is 30.3 Å². The number of aromatic hydroxyl groups is 1. The van der Waals surface area contributed by atoms with Crippen LogP contribution in [0.1, 0.15) is 51.0 Å². The number of piperidine rings is 1. The molecule has 4 aromatic rings. The number of ether oxygens (including phenoxy) is 2. The molecule has 8 nitrogen and oxygen atoms in total. The van der Waals surface area contributed by atoms with E-state index in [2.05, 4.69) is 9.80 Å². The van der Waals surface area contributed by atoms with E-state index in [0.29, 0.717) is 46.8 Å². The lowest BCUT2D eigenvalue weighted by Crippen LogP contribution is -2.50. The van der Waals surface area contributed by atoms with Gasteiger partial charge in [-0.15, -0.1) is 0 Å². The Balaban J connectivity index is 1.34. The van der Waals surface area contributed by atoms with Gasteiger partial charge in [-0.2, -0.15) is 0 Å². The Bertz CT molecular complexity index is 1860. The number of fused-ring (bicyclic) bond motifs is 4. The van der Waals surface area contributed by atoms with Gasteiger partial charge < -0.3 is 24.6 Å². The van der Waals surface area contributed by atoms with Crippen molar-refractivity contribution >= 4 is 27.4 Å². The second-order valence-electron chi connectivity index (χ2n) is 13.3. The first-order valence-corrected chi connectivity index (χ1v) is 16.3. The molecular weight excluding hydrogens is 597 g/mol. The molecule has 0 aliphatic carbocycles. The van der Waals surface area contributed by atoms with Crippen LogP contribution in [-0.4, -0.2) is 81.8 Å². The zero-order valence-electron chi connectivity index (χ0n) is 25.7. The molecule has 0 unspecified atom stereocenters. The fraction of sp³-hybridized carbons (Fsp3) is 0.486. The molecule has 242 valence electrons. The summed E-state index contributed by atoms with van der Waals surface area (Å²) >= 11 is 0. The summed E-state index contributed by atoms with van der Waals surface area (Å²) in [5.74, 6) is -0.927. The Morgan fingerprint density at radius 1 is 1.11 bits per heavy atom. The van der Waals surface area contributed by atoms with E-state index in [0.717, 1.165) is 38.6 Å². The predicted octanol–water partition coefficient (Wildman–Crippen LogP) is 6.06. The maximum atomic E-state index is 17.1. The monoisotopic (exact) mass is 634 g/mol. The van der Waals surface area contributed by atoms with Crippen LogP contribution < -0.4 is 14.4 Å². The van der Waals surface area contributed by atoms with Crippen LogP contribution in [0.4, 0.5) is 18.9 Å². The molecule has 2 N–H and O–H groups in total. The smallest absolute Gasteiger partial charge is 0.225 e. The number of phenols is 1. The van der Waals surface area contributed by atoms with Gasteiger partial charge in [-0.1, -0.05) is 13.0 Å². The number of anilines is 1. The van der Waals surface area contributed by atoms with Gasteiger partial charge in [0.1, 0.15) is 42.2 Å². The number of phenolic OH excluding ortho intramolecular Hbond substituents is 1. The lowest BCUT2D eigenvalue weighted by molar-refractivity contribution is 0.111. The van der Waals surface area contributed by atoms with E-state index < -0.39 is 23.3 Å². The number of hydrogen-bond donors (Lipinski definition) is 2. The molecule has 0 radical (unpaired) electrons. The summed E-state index contributed by atoms with van der Waals surface area (Å²) in [6.45, 7) is 3.42. The summed E-state index contributed by atoms with van der Waals surface area (Å²) in [5.41, 5.74) is 0.661. The van der Waals surface area contributed by atoms with Crippen LogP contribution in [0.25, 0.3) is 32.9 Å². The van der Waals surface area contributed by atoms with Gasteiger partial charge in [0.05, 0.1) is 35.3 Å². The number of pyridine rings is 2. The van der Waals surface area contributed by atoms with Crippen molar-refractivity contribution < 1.29 is 32.9 Å². The zero-order chi connectivity index (χ0) is 31.7. The first kappa shape index (κ1) is 29.6. The van der Waals surface area contributed by atoms with Gasteiger partial charge in [0.15, 0.2) is 5.82 Å². The summed E-state index contributed by atoms with van der Waals surface area (Å²) in [6.07, 6.45) is 4.06. The molecule has 0 amide bonds. The van der Waals surface area contributed by atoms with Crippen LogP contribution in [-0.2, 0) is 6.42 Å². The summed E-state index contributed by atoms with van der Waals surface area (Å²) in [4.78, 5) is 13.7. The van der Waals surface area contributed by atoms with Crippen LogP contribution in [0.2, 0.25) is 0 Å². The summed E-state index contributed by atoms with van der Waals surface area (Å²) in [7, 11) is 0. The van der Waals surface area contributed by atoms with Crippen molar-refractivity contribution in [2.24, 2.45) is 0 Å². The molecule has 8 rings (SSSR count). The van der Waals surface area contributed by atoms with Crippen molar-refractivity contribution in [3.05, 3.63) is 47.5 Å². The third kappa shape index (κ3) is 4.57. The van der Waals surface area contributed by atoms with Gasteiger partial charge in [-0.05, 0) is 79.6 Å². The molecule has 46 heavy (non-hydrogen) atoms. The Labute approximate surface area is 264 Å². The number of rotatable bonds is 6. The minimum atomic E-state index is -0.918. The second-order valence-corrected chi connectivity index (χ2v) is 13.3. The zero-order valence-corrected chi connectivity index (χ0v) is 25.7. The quantitative estimate of drug-likeness (QED) is 0.265. The van der Waals surface area contributed by atoms with E-state index in [4.69, 9.17) is 19.4 Å². The highest BCUT2D eigenvalue weighted by Crippen LogP contribution is 2.47. The van der Waals surface area contributed by atoms with Crippen LogP contribution >= 0.6 is 0 Å². The van der Waals surface area contributed by atoms with Gasteiger partial charge in [-0.25, -0.2) is 23.1 Å². The first-order valence-electron chi connectivity index (χ1n) is 16.3. The maximum absolute atomic E-state index is 17.1. The van der Waals surface area contributed by atoms with E-state index in [9.17, 15) is 14.6 Å². The van der Waals surface area contributed by atoms with E-state index in [1.54, 1.807) is 12.1 Å². The summed E-state index contributed by atoms with van der Waals surface area (Å²) in [6, 6.07) is 7.28. The highest BCUT2D eigenvalue weighted by atomic mass is 19.1. The lowest BCUT2D eigenvalue weighted by atomic mass is 9.93. The SMILES string of the molecule is CCc1c(F)ccc2cc(O)cc(-c3nc4c5c(cc(OC[C@@]67CCCN6C[C@H](F)C7)nc5c3F)N3[C@@H](CO)CCC[C@H]3CO4)c12. The normalized spacial score (nSPS) is 25.8. The van der Waals surface area contributed by atoms with E-state index in [1.807, 2.05) is 6.92 Å². The number of aryl methyl sites for hydroxylation is 1. The molecule has 3 fully saturated rings. The lowest BCUT2D eigenvalue weighted by Gasteiger charge is -2.42. The van der Waals surface area contributed by atoms with Crippen molar-refractivity contribution in [1.82, 2.24) is 14.9 Å². The Morgan fingerprint density at radius 2 is 1.98 bits per heavy atom. The number of alkyl halides is 1. The van der Waals surface area contributed by atoms with Gasteiger partial charge >= 0.3 is 0 Å². The maximum Gasteiger partial charge on any atom is 0.225 e. The van der Waals surface area contributed by atoms with Gasteiger partial charge in [0, 0.05) is 24.6 Å². The van der Waals surface area contributed by atoms with Crippen LogP contribution in [0, 0.1) is 11.6 Å². The summed E-state index contributed by atoms with van der Waals surface area (Å²) < 4.78 is 59.3. The Hall–Kier alpha value is -3.83. The molecule has 0 bridgehead atoms. The third-order valence-electron chi connectivity index (χ3n) is 10.6. The third-order valence-corrected chi connectivity index (χ3v) is 10.6. The minimum absolute atomic E-state index is 0.0306. The number of aliphatic hydroxyl groups is 1. The molecule has 2 aromatic heterocycles. The largest absolute Gasteiger partial charge is 0.508 e. The summed E-state index contributed by atoms with van der Waals surface area (Å²) in [5, 5.41) is 22.5. The minimum Gasteiger partial charge on any atom is -0.508 e. The van der Waals surface area contributed by atoms with Gasteiger partial charge in [0.2, 0.25) is 11.8 Å².